The standard InChI is InChI=1S/C20H21Cl2N3O2/c1-12-5-7-16(27-12)11-24(4)20(26)10-17-13(2)23-25(14(17)3)15-6-8-18(21)19(22)9-15/h5-9H,10-11H2,1-4H3. The highest BCUT2D eigenvalue weighted by molar-refractivity contribution is 6.42. The zero-order valence-electron chi connectivity index (χ0n) is 15.7. The van der Waals surface area contributed by atoms with Gasteiger partial charge in [0, 0.05) is 18.3 Å². The van der Waals surface area contributed by atoms with Crippen molar-refractivity contribution in [2.75, 3.05) is 7.05 Å². The van der Waals surface area contributed by atoms with Crippen LogP contribution in [-0.4, -0.2) is 27.6 Å². The maximum absolute atomic E-state index is 12.7. The van der Waals surface area contributed by atoms with E-state index in [1.807, 2.05) is 39.0 Å². The van der Waals surface area contributed by atoms with Crippen LogP contribution in [-0.2, 0) is 17.8 Å². The van der Waals surface area contributed by atoms with Gasteiger partial charge in [-0.3, -0.25) is 4.79 Å². The third-order valence-electron chi connectivity index (χ3n) is 4.53. The molecule has 0 bridgehead atoms. The molecule has 5 nitrogen and oxygen atoms in total. The first-order valence-electron chi connectivity index (χ1n) is 8.56. The molecule has 0 aliphatic rings. The number of amides is 1. The van der Waals surface area contributed by atoms with Gasteiger partial charge >= 0.3 is 0 Å². The minimum absolute atomic E-state index is 0.00365. The molecule has 3 rings (SSSR count). The number of hydrogen-bond donors (Lipinski definition) is 0. The second-order valence-corrected chi connectivity index (χ2v) is 7.41. The molecule has 0 spiro atoms. The molecule has 0 atom stereocenters. The van der Waals surface area contributed by atoms with Gasteiger partial charge in [-0.1, -0.05) is 23.2 Å². The largest absolute Gasteiger partial charge is 0.464 e. The maximum atomic E-state index is 12.7. The lowest BCUT2D eigenvalue weighted by molar-refractivity contribution is -0.129. The molecule has 0 unspecified atom stereocenters. The average molecular weight is 406 g/mol. The van der Waals surface area contributed by atoms with E-state index in [0.29, 0.717) is 16.6 Å². The van der Waals surface area contributed by atoms with Crippen molar-refractivity contribution in [2.24, 2.45) is 0 Å². The van der Waals surface area contributed by atoms with Crippen LogP contribution in [0, 0.1) is 20.8 Å². The molecule has 0 saturated heterocycles. The van der Waals surface area contributed by atoms with Gasteiger partial charge in [0.1, 0.15) is 11.5 Å². The smallest absolute Gasteiger partial charge is 0.227 e. The summed E-state index contributed by atoms with van der Waals surface area (Å²) in [4.78, 5) is 14.3. The molecule has 27 heavy (non-hydrogen) atoms. The van der Waals surface area contributed by atoms with E-state index in [4.69, 9.17) is 27.6 Å². The number of likely N-dealkylation sites (N-methyl/N-ethyl adjacent to an activating group) is 1. The highest BCUT2D eigenvalue weighted by Gasteiger charge is 2.19. The van der Waals surface area contributed by atoms with Crippen LogP contribution >= 0.6 is 23.2 Å². The lowest BCUT2D eigenvalue weighted by Crippen LogP contribution is -2.27. The molecule has 1 aromatic carbocycles. The summed E-state index contributed by atoms with van der Waals surface area (Å²) in [5.41, 5.74) is 3.44. The Morgan fingerprint density at radius 1 is 1.15 bits per heavy atom. The molecule has 1 amide bonds. The molecule has 2 aromatic heterocycles. The topological polar surface area (TPSA) is 51.3 Å². The average Bonchev–Trinajstić information content (AvgIpc) is 3.14. The molecule has 0 saturated carbocycles. The van der Waals surface area contributed by atoms with E-state index in [-0.39, 0.29) is 12.3 Å². The fourth-order valence-corrected chi connectivity index (χ4v) is 3.27. The van der Waals surface area contributed by atoms with Gasteiger partial charge in [0.15, 0.2) is 0 Å². The number of rotatable bonds is 5. The van der Waals surface area contributed by atoms with E-state index in [0.717, 1.165) is 34.2 Å². The zero-order valence-corrected chi connectivity index (χ0v) is 17.2. The number of hydrogen-bond acceptors (Lipinski definition) is 3. The Bertz CT molecular complexity index is 991. The van der Waals surface area contributed by atoms with Crippen LogP contribution in [0.4, 0.5) is 0 Å². The van der Waals surface area contributed by atoms with E-state index in [9.17, 15) is 4.79 Å². The van der Waals surface area contributed by atoms with Crippen molar-refractivity contribution >= 4 is 29.1 Å². The summed E-state index contributed by atoms with van der Waals surface area (Å²) in [5.74, 6) is 1.60. The van der Waals surface area contributed by atoms with Gasteiger partial charge in [0.25, 0.3) is 0 Å². The van der Waals surface area contributed by atoms with Crippen molar-refractivity contribution in [3.05, 3.63) is 68.8 Å². The first-order valence-corrected chi connectivity index (χ1v) is 9.31. The van der Waals surface area contributed by atoms with E-state index < -0.39 is 0 Å². The van der Waals surface area contributed by atoms with Crippen LogP contribution in [0.25, 0.3) is 5.69 Å². The summed E-state index contributed by atoms with van der Waals surface area (Å²) in [5, 5.41) is 5.53. The third-order valence-corrected chi connectivity index (χ3v) is 5.27. The molecule has 2 heterocycles. The Hall–Kier alpha value is -2.24. The molecule has 3 aromatic rings. The highest BCUT2D eigenvalue weighted by atomic mass is 35.5. The van der Waals surface area contributed by atoms with Crippen LogP contribution in [0.5, 0.6) is 0 Å². The Labute approximate surface area is 168 Å². The fraction of sp³-hybridized carbons (Fsp3) is 0.300. The maximum Gasteiger partial charge on any atom is 0.227 e. The minimum Gasteiger partial charge on any atom is -0.464 e. The van der Waals surface area contributed by atoms with Crippen LogP contribution in [0.3, 0.4) is 0 Å². The van der Waals surface area contributed by atoms with Crippen molar-refractivity contribution in [2.45, 2.75) is 33.7 Å². The summed E-state index contributed by atoms with van der Waals surface area (Å²) in [6, 6.07) is 9.13. The molecule has 0 aliphatic carbocycles. The molecule has 0 N–H and O–H groups in total. The lowest BCUT2D eigenvalue weighted by Gasteiger charge is -2.16. The first kappa shape index (κ1) is 19.5. The summed E-state index contributed by atoms with van der Waals surface area (Å²) < 4.78 is 7.34. The van der Waals surface area contributed by atoms with Crippen molar-refractivity contribution in [3.8, 4) is 5.69 Å². The third kappa shape index (κ3) is 4.20. The van der Waals surface area contributed by atoms with E-state index in [2.05, 4.69) is 5.10 Å². The molecule has 0 aliphatic heterocycles. The SMILES string of the molecule is Cc1ccc(CN(C)C(=O)Cc2c(C)nn(-c3ccc(Cl)c(Cl)c3)c2C)o1. The minimum atomic E-state index is 0.00365. The highest BCUT2D eigenvalue weighted by Crippen LogP contribution is 2.26. The number of halogens is 2. The molecular weight excluding hydrogens is 385 g/mol. The van der Waals surface area contributed by atoms with Crippen LogP contribution < -0.4 is 0 Å². The first-order chi connectivity index (χ1) is 12.8. The van der Waals surface area contributed by atoms with E-state index in [1.165, 1.54) is 0 Å². The Morgan fingerprint density at radius 2 is 1.89 bits per heavy atom. The van der Waals surface area contributed by atoms with E-state index >= 15 is 0 Å². The zero-order chi connectivity index (χ0) is 19.7. The summed E-state index contributed by atoms with van der Waals surface area (Å²) >= 11 is 12.1. The van der Waals surface area contributed by atoms with Crippen LogP contribution in [0.2, 0.25) is 10.0 Å². The van der Waals surface area contributed by atoms with Gasteiger partial charge in [-0.2, -0.15) is 5.10 Å². The summed E-state index contributed by atoms with van der Waals surface area (Å²) in [7, 11) is 1.77. The summed E-state index contributed by atoms with van der Waals surface area (Å²) in [6.45, 7) is 6.17. The predicted octanol–water partition coefficient (Wildman–Crippen LogP) is 4.90. The fourth-order valence-electron chi connectivity index (χ4n) is 2.98. The summed E-state index contributed by atoms with van der Waals surface area (Å²) in [6.07, 6.45) is 0.273. The molecule has 7 heteroatoms. The Balaban J connectivity index is 1.79. The Morgan fingerprint density at radius 3 is 2.52 bits per heavy atom. The molecule has 142 valence electrons. The van der Waals surface area contributed by atoms with Gasteiger partial charge < -0.3 is 9.32 Å². The van der Waals surface area contributed by atoms with Crippen molar-refractivity contribution in [1.82, 2.24) is 14.7 Å². The Kier molecular flexibility index (Phi) is 5.63. The van der Waals surface area contributed by atoms with Crippen molar-refractivity contribution in [3.63, 3.8) is 0 Å². The lowest BCUT2D eigenvalue weighted by atomic mass is 10.1. The van der Waals surface area contributed by atoms with Gasteiger partial charge in [-0.15, -0.1) is 0 Å². The predicted molar refractivity (Wildman–Crippen MR) is 107 cm³/mol. The van der Waals surface area contributed by atoms with Crippen LogP contribution in [0.1, 0.15) is 28.5 Å². The second-order valence-electron chi connectivity index (χ2n) is 6.60. The van der Waals surface area contributed by atoms with Crippen molar-refractivity contribution < 1.29 is 9.21 Å². The number of nitrogens with zero attached hydrogens (tertiary/aromatic N) is 3. The second kappa shape index (κ2) is 7.79. The number of benzene rings is 1. The van der Waals surface area contributed by atoms with Crippen molar-refractivity contribution in [1.29, 1.82) is 0 Å². The van der Waals surface area contributed by atoms with Crippen LogP contribution in [0.15, 0.2) is 34.7 Å². The molecule has 0 fully saturated rings. The van der Waals surface area contributed by atoms with E-state index in [1.54, 1.807) is 28.8 Å². The quantitative estimate of drug-likeness (QED) is 0.606. The monoisotopic (exact) mass is 405 g/mol. The number of furan rings is 1. The van der Waals surface area contributed by atoms with Gasteiger partial charge in [-0.05, 0) is 51.1 Å². The van der Waals surface area contributed by atoms with Gasteiger partial charge in [-0.25, -0.2) is 4.68 Å². The van der Waals surface area contributed by atoms with Gasteiger partial charge in [0.05, 0.1) is 34.4 Å². The number of aromatic nitrogens is 2. The number of carbonyl (C=O) groups is 1. The molecular formula is C20H21Cl2N3O2. The molecule has 0 radical (unpaired) electrons. The van der Waals surface area contributed by atoms with Gasteiger partial charge in [0.2, 0.25) is 5.91 Å². The number of aryl methyl sites for hydroxylation is 2. The normalized spacial score (nSPS) is 11.0. The number of carbonyl (C=O) groups excluding carboxylic acids is 1.